The number of unbranched alkanes of at least 4 members (excludes halogenated alkanes) is 17. The summed E-state index contributed by atoms with van der Waals surface area (Å²) < 4.78 is 21.4. The standard InChI is InChI=1S/C44H85N5O9/c1-3-5-7-8-9-10-11-12-13-14-15-16-17-18-19-20-24-40(50)46-28-22-26-42(52)48-30-32-55-34-37-58-39-44(54)49-31-33-56-35-36-57-38-43(53)47-29-23-25-41(51)45-27-21-6-4-2/h3-39H2,1-2H3,(H,45,51)(H,46,50)(H,47,53)(H,48,52)(H,49,54). The van der Waals surface area contributed by atoms with Crippen molar-refractivity contribution in [3.63, 3.8) is 0 Å². The molecule has 0 rings (SSSR count). The van der Waals surface area contributed by atoms with Gasteiger partial charge in [-0.25, -0.2) is 0 Å². The zero-order chi connectivity index (χ0) is 42.4. The van der Waals surface area contributed by atoms with Gasteiger partial charge < -0.3 is 45.5 Å². The van der Waals surface area contributed by atoms with E-state index in [-0.39, 0.29) is 62.6 Å². The minimum absolute atomic E-state index is 0.00422. The van der Waals surface area contributed by atoms with Gasteiger partial charge in [-0.15, -0.1) is 0 Å². The van der Waals surface area contributed by atoms with Crippen molar-refractivity contribution in [3.05, 3.63) is 0 Å². The van der Waals surface area contributed by atoms with Crippen LogP contribution in [0.3, 0.4) is 0 Å². The molecule has 0 aromatic heterocycles. The van der Waals surface area contributed by atoms with E-state index in [1.54, 1.807) is 0 Å². The Balaban J connectivity index is 3.39. The van der Waals surface area contributed by atoms with Crippen LogP contribution in [-0.4, -0.2) is 115 Å². The zero-order valence-corrected chi connectivity index (χ0v) is 36.8. The Morgan fingerprint density at radius 2 is 0.586 bits per heavy atom. The van der Waals surface area contributed by atoms with E-state index in [4.69, 9.17) is 18.9 Å². The Kier molecular flexibility index (Phi) is 43.1. The summed E-state index contributed by atoms with van der Waals surface area (Å²) in [6, 6.07) is 0. The highest BCUT2D eigenvalue weighted by atomic mass is 16.5. The fourth-order valence-corrected chi connectivity index (χ4v) is 6.05. The maximum Gasteiger partial charge on any atom is 0.246 e. The van der Waals surface area contributed by atoms with Crippen LogP contribution in [0, 0.1) is 0 Å². The first-order valence-corrected chi connectivity index (χ1v) is 23.0. The quantitative estimate of drug-likeness (QED) is 0.0458. The van der Waals surface area contributed by atoms with Crippen molar-refractivity contribution in [3.8, 4) is 0 Å². The molecular formula is C44H85N5O9. The lowest BCUT2D eigenvalue weighted by molar-refractivity contribution is -0.127. The molecule has 0 unspecified atom stereocenters. The number of carbonyl (C=O) groups is 5. The topological polar surface area (TPSA) is 182 Å². The fraction of sp³-hybridized carbons (Fsp3) is 0.886. The summed E-state index contributed by atoms with van der Waals surface area (Å²) in [5.41, 5.74) is 0. The van der Waals surface area contributed by atoms with Crippen LogP contribution in [0.2, 0.25) is 0 Å². The SMILES string of the molecule is CCCCCCCCCCCCCCCCCCC(=O)NCCCC(=O)NCCOCCOCC(=O)NCCOCCOCC(=O)NCCCC(=O)NCCCCC. The van der Waals surface area contributed by atoms with E-state index in [0.29, 0.717) is 84.6 Å². The van der Waals surface area contributed by atoms with Crippen LogP contribution in [0.15, 0.2) is 0 Å². The summed E-state index contributed by atoms with van der Waals surface area (Å²) in [5, 5.41) is 14.0. The highest BCUT2D eigenvalue weighted by molar-refractivity contribution is 5.78. The summed E-state index contributed by atoms with van der Waals surface area (Å²) in [6.07, 6.45) is 26.7. The first kappa shape index (κ1) is 55.2. The fourth-order valence-electron chi connectivity index (χ4n) is 6.05. The van der Waals surface area contributed by atoms with Gasteiger partial charge in [0.15, 0.2) is 0 Å². The van der Waals surface area contributed by atoms with E-state index < -0.39 is 0 Å². The van der Waals surface area contributed by atoms with E-state index >= 15 is 0 Å². The second-order valence-corrected chi connectivity index (χ2v) is 15.0. The van der Waals surface area contributed by atoms with E-state index in [1.165, 1.54) is 89.9 Å². The molecular weight excluding hydrogens is 743 g/mol. The monoisotopic (exact) mass is 828 g/mol. The van der Waals surface area contributed by atoms with Crippen LogP contribution in [0.25, 0.3) is 0 Å². The number of hydrogen-bond donors (Lipinski definition) is 5. The normalized spacial score (nSPS) is 11.0. The number of ether oxygens (including phenoxy) is 4. The van der Waals surface area contributed by atoms with E-state index in [9.17, 15) is 24.0 Å². The lowest BCUT2D eigenvalue weighted by atomic mass is 10.0. The Hall–Kier alpha value is -2.81. The minimum Gasteiger partial charge on any atom is -0.377 e. The molecule has 0 aliphatic rings. The van der Waals surface area contributed by atoms with E-state index in [0.717, 1.165) is 32.1 Å². The van der Waals surface area contributed by atoms with Crippen LogP contribution < -0.4 is 26.6 Å². The summed E-state index contributed by atoms with van der Waals surface area (Å²) in [4.78, 5) is 59.5. The van der Waals surface area contributed by atoms with Crippen molar-refractivity contribution in [2.75, 3.05) is 85.6 Å². The Morgan fingerprint density at radius 1 is 0.293 bits per heavy atom. The molecule has 340 valence electrons. The molecule has 0 aromatic carbocycles. The maximum absolute atomic E-state index is 12.1. The van der Waals surface area contributed by atoms with Crippen LogP contribution >= 0.6 is 0 Å². The molecule has 0 aromatic rings. The molecule has 14 heteroatoms. The van der Waals surface area contributed by atoms with Crippen LogP contribution in [0.5, 0.6) is 0 Å². The van der Waals surface area contributed by atoms with Crippen LogP contribution in [0.1, 0.15) is 168 Å². The molecule has 0 aliphatic carbocycles. The molecule has 0 radical (unpaired) electrons. The molecule has 0 bridgehead atoms. The Morgan fingerprint density at radius 3 is 1.02 bits per heavy atom. The molecule has 58 heavy (non-hydrogen) atoms. The molecule has 0 atom stereocenters. The summed E-state index contributed by atoms with van der Waals surface area (Å²) in [7, 11) is 0. The van der Waals surface area contributed by atoms with Gasteiger partial charge in [0.25, 0.3) is 0 Å². The minimum atomic E-state index is -0.269. The van der Waals surface area contributed by atoms with Crippen molar-refractivity contribution in [1.29, 1.82) is 0 Å². The van der Waals surface area contributed by atoms with E-state index in [2.05, 4.69) is 40.4 Å². The molecule has 5 amide bonds. The summed E-state index contributed by atoms with van der Waals surface area (Å²) in [6.45, 7) is 8.22. The second kappa shape index (κ2) is 45.3. The lowest BCUT2D eigenvalue weighted by Gasteiger charge is -2.09. The number of hydrogen-bond acceptors (Lipinski definition) is 9. The van der Waals surface area contributed by atoms with E-state index in [1.807, 2.05) is 0 Å². The third kappa shape index (κ3) is 44.3. The second-order valence-electron chi connectivity index (χ2n) is 15.0. The number of rotatable bonds is 45. The molecule has 0 aliphatic heterocycles. The first-order valence-electron chi connectivity index (χ1n) is 23.0. The predicted octanol–water partition coefficient (Wildman–Crippen LogP) is 6.04. The van der Waals surface area contributed by atoms with Gasteiger partial charge in [0.2, 0.25) is 29.5 Å². The largest absolute Gasteiger partial charge is 0.377 e. The summed E-state index contributed by atoms with van der Waals surface area (Å²) >= 11 is 0. The number of carbonyl (C=O) groups excluding carboxylic acids is 5. The van der Waals surface area contributed by atoms with Crippen molar-refractivity contribution in [2.24, 2.45) is 0 Å². The molecule has 5 N–H and O–H groups in total. The van der Waals surface area contributed by atoms with Gasteiger partial charge in [0.05, 0.1) is 39.6 Å². The van der Waals surface area contributed by atoms with Gasteiger partial charge in [-0.2, -0.15) is 0 Å². The maximum atomic E-state index is 12.1. The zero-order valence-electron chi connectivity index (χ0n) is 36.8. The van der Waals surface area contributed by atoms with Crippen LogP contribution in [0.4, 0.5) is 0 Å². The molecule has 0 spiro atoms. The highest BCUT2D eigenvalue weighted by Gasteiger charge is 2.06. The predicted molar refractivity (Wildman–Crippen MR) is 230 cm³/mol. The molecule has 0 saturated heterocycles. The van der Waals surface area contributed by atoms with Crippen molar-refractivity contribution >= 4 is 29.5 Å². The number of amides is 5. The van der Waals surface area contributed by atoms with Gasteiger partial charge in [-0.3, -0.25) is 24.0 Å². The van der Waals surface area contributed by atoms with Gasteiger partial charge in [-0.05, 0) is 25.7 Å². The highest BCUT2D eigenvalue weighted by Crippen LogP contribution is 2.14. The third-order valence-electron chi connectivity index (χ3n) is 9.51. The molecule has 14 nitrogen and oxygen atoms in total. The van der Waals surface area contributed by atoms with Gasteiger partial charge >= 0.3 is 0 Å². The van der Waals surface area contributed by atoms with Crippen molar-refractivity contribution in [2.45, 2.75) is 168 Å². The average Bonchev–Trinajstić information content (AvgIpc) is 3.21. The molecule has 0 heterocycles. The smallest absolute Gasteiger partial charge is 0.246 e. The Bertz CT molecular complexity index is 989. The first-order chi connectivity index (χ1) is 28.4. The van der Waals surface area contributed by atoms with Crippen molar-refractivity contribution < 1.29 is 42.9 Å². The average molecular weight is 828 g/mol. The van der Waals surface area contributed by atoms with Crippen LogP contribution in [-0.2, 0) is 42.9 Å². The van der Waals surface area contributed by atoms with Gasteiger partial charge in [0, 0.05) is 52.0 Å². The lowest BCUT2D eigenvalue weighted by Crippen LogP contribution is -2.32. The summed E-state index contributed by atoms with van der Waals surface area (Å²) in [5.74, 6) is -0.521. The van der Waals surface area contributed by atoms with Gasteiger partial charge in [-0.1, -0.05) is 123 Å². The number of nitrogens with one attached hydrogen (secondary N) is 5. The molecule has 0 fully saturated rings. The van der Waals surface area contributed by atoms with Crippen molar-refractivity contribution in [1.82, 2.24) is 26.6 Å². The van der Waals surface area contributed by atoms with Gasteiger partial charge in [0.1, 0.15) is 13.2 Å². The molecule has 0 saturated carbocycles. The third-order valence-corrected chi connectivity index (χ3v) is 9.51. The Labute approximate surface area is 351 Å².